The molecule has 1 saturated heterocycles. The van der Waals surface area contributed by atoms with Gasteiger partial charge in [0.15, 0.2) is 0 Å². The summed E-state index contributed by atoms with van der Waals surface area (Å²) < 4.78 is 0. The number of hydrogen-bond donors (Lipinski definition) is 2. The Balaban J connectivity index is 2.29. The van der Waals surface area contributed by atoms with Gasteiger partial charge in [-0.2, -0.15) is 0 Å². The first-order valence-electron chi connectivity index (χ1n) is 5.77. The van der Waals surface area contributed by atoms with Gasteiger partial charge in [-0.1, -0.05) is 19.8 Å². The van der Waals surface area contributed by atoms with Crippen LogP contribution in [0.2, 0.25) is 0 Å². The van der Waals surface area contributed by atoms with Crippen molar-refractivity contribution in [3.05, 3.63) is 0 Å². The molecule has 0 aromatic heterocycles. The van der Waals surface area contributed by atoms with Crippen molar-refractivity contribution in [1.82, 2.24) is 4.90 Å². The number of nitrogens with zero attached hydrogens (tertiary/aromatic N) is 1. The first kappa shape index (κ1) is 11.5. The average molecular weight is 197 g/mol. The van der Waals surface area contributed by atoms with E-state index in [4.69, 9.17) is 11.1 Å². The minimum Gasteiger partial charge on any atom is -0.387 e. The molecule has 0 bridgehead atoms. The van der Waals surface area contributed by atoms with Crippen LogP contribution in [0.3, 0.4) is 0 Å². The van der Waals surface area contributed by atoms with Gasteiger partial charge in [-0.05, 0) is 38.3 Å². The lowest BCUT2D eigenvalue weighted by molar-refractivity contribution is 0.315. The van der Waals surface area contributed by atoms with Crippen molar-refractivity contribution >= 4 is 5.84 Å². The van der Waals surface area contributed by atoms with Crippen molar-refractivity contribution in [2.24, 2.45) is 11.7 Å². The first-order valence-corrected chi connectivity index (χ1v) is 5.77. The molecule has 1 unspecified atom stereocenters. The summed E-state index contributed by atoms with van der Waals surface area (Å²) in [7, 11) is 0. The Morgan fingerprint density at radius 3 is 2.86 bits per heavy atom. The lowest BCUT2D eigenvalue weighted by atomic mass is 9.96. The second kappa shape index (κ2) is 6.02. The summed E-state index contributed by atoms with van der Waals surface area (Å²) in [6, 6.07) is 0. The summed E-state index contributed by atoms with van der Waals surface area (Å²) in [5.41, 5.74) is 5.41. The van der Waals surface area contributed by atoms with E-state index in [1.165, 1.54) is 32.1 Å². The Hall–Kier alpha value is -0.570. The van der Waals surface area contributed by atoms with Crippen molar-refractivity contribution in [1.29, 1.82) is 5.41 Å². The molecule has 0 aromatic rings. The lowest BCUT2D eigenvalue weighted by Gasteiger charge is -2.18. The van der Waals surface area contributed by atoms with Gasteiger partial charge in [0, 0.05) is 0 Å². The zero-order valence-corrected chi connectivity index (χ0v) is 9.26. The monoisotopic (exact) mass is 197 g/mol. The molecule has 0 aromatic carbocycles. The highest BCUT2D eigenvalue weighted by Gasteiger charge is 2.16. The predicted molar refractivity (Wildman–Crippen MR) is 60.6 cm³/mol. The van der Waals surface area contributed by atoms with E-state index < -0.39 is 0 Å². The molecule has 0 saturated carbocycles. The summed E-state index contributed by atoms with van der Waals surface area (Å²) in [4.78, 5) is 2.32. The Morgan fingerprint density at radius 2 is 2.21 bits per heavy atom. The van der Waals surface area contributed by atoms with Gasteiger partial charge in [-0.25, -0.2) is 0 Å². The van der Waals surface area contributed by atoms with Crippen molar-refractivity contribution in [2.45, 2.75) is 39.0 Å². The maximum Gasteiger partial charge on any atom is 0.105 e. The smallest absolute Gasteiger partial charge is 0.105 e. The molecular formula is C11H23N3. The van der Waals surface area contributed by atoms with Gasteiger partial charge in [-0.15, -0.1) is 0 Å². The number of likely N-dealkylation sites (tertiary alicyclic amines) is 1. The second-order valence-electron chi connectivity index (χ2n) is 4.39. The third-order valence-electron chi connectivity index (χ3n) is 3.03. The van der Waals surface area contributed by atoms with Gasteiger partial charge >= 0.3 is 0 Å². The molecule has 0 aliphatic carbocycles. The minimum absolute atomic E-state index is 0.305. The van der Waals surface area contributed by atoms with Crippen LogP contribution in [-0.2, 0) is 0 Å². The van der Waals surface area contributed by atoms with E-state index in [1.54, 1.807) is 0 Å². The van der Waals surface area contributed by atoms with Crippen LogP contribution >= 0.6 is 0 Å². The van der Waals surface area contributed by atoms with Crippen LogP contribution in [0, 0.1) is 11.3 Å². The van der Waals surface area contributed by atoms with Gasteiger partial charge in [0.05, 0.1) is 6.54 Å². The number of amidine groups is 1. The highest BCUT2D eigenvalue weighted by molar-refractivity contribution is 5.78. The highest BCUT2D eigenvalue weighted by Crippen LogP contribution is 2.21. The molecule has 3 nitrogen and oxygen atoms in total. The van der Waals surface area contributed by atoms with Gasteiger partial charge < -0.3 is 5.73 Å². The zero-order chi connectivity index (χ0) is 10.4. The predicted octanol–water partition coefficient (Wildman–Crippen LogP) is 1.82. The van der Waals surface area contributed by atoms with Crippen molar-refractivity contribution in [3.8, 4) is 0 Å². The average Bonchev–Trinajstić information content (AvgIpc) is 2.31. The largest absolute Gasteiger partial charge is 0.387 e. The molecule has 0 spiro atoms. The molecule has 1 aliphatic rings. The summed E-state index contributed by atoms with van der Waals surface area (Å²) in [5.74, 6) is 1.22. The first-order chi connectivity index (χ1) is 6.72. The third-order valence-corrected chi connectivity index (χ3v) is 3.03. The van der Waals surface area contributed by atoms with E-state index in [-0.39, 0.29) is 0 Å². The van der Waals surface area contributed by atoms with E-state index in [0.717, 1.165) is 19.0 Å². The van der Waals surface area contributed by atoms with Crippen LogP contribution in [0.1, 0.15) is 39.0 Å². The van der Waals surface area contributed by atoms with Gasteiger partial charge in [0.25, 0.3) is 0 Å². The minimum atomic E-state index is 0.305. The van der Waals surface area contributed by atoms with Gasteiger partial charge in [-0.3, -0.25) is 10.3 Å². The molecule has 1 atom stereocenters. The Morgan fingerprint density at radius 1 is 1.43 bits per heavy atom. The molecule has 0 radical (unpaired) electrons. The van der Waals surface area contributed by atoms with Crippen molar-refractivity contribution < 1.29 is 0 Å². The van der Waals surface area contributed by atoms with Crippen molar-refractivity contribution in [3.63, 3.8) is 0 Å². The molecule has 1 heterocycles. The standard InChI is InChI=1S/C11H23N3/c1-2-4-10-5-3-7-14(8-6-10)9-11(12)13/h10H,2-9H2,1H3,(H3,12,13). The van der Waals surface area contributed by atoms with E-state index in [9.17, 15) is 0 Å². The highest BCUT2D eigenvalue weighted by atomic mass is 15.1. The van der Waals surface area contributed by atoms with E-state index >= 15 is 0 Å². The van der Waals surface area contributed by atoms with E-state index in [1.807, 2.05) is 0 Å². The summed E-state index contributed by atoms with van der Waals surface area (Å²) in [5, 5.41) is 7.27. The SMILES string of the molecule is CCCC1CCCN(CC(=N)N)CC1. The molecular weight excluding hydrogens is 174 g/mol. The maximum atomic E-state index is 7.27. The molecule has 1 rings (SSSR count). The number of nitrogens with one attached hydrogen (secondary N) is 1. The normalized spacial score (nSPS) is 24.5. The Bertz CT molecular complexity index is 179. The fraction of sp³-hybridized carbons (Fsp3) is 0.909. The van der Waals surface area contributed by atoms with Crippen LogP contribution in [0.5, 0.6) is 0 Å². The van der Waals surface area contributed by atoms with E-state index in [0.29, 0.717) is 12.4 Å². The summed E-state index contributed by atoms with van der Waals surface area (Å²) in [6.07, 6.45) is 6.60. The molecule has 82 valence electrons. The number of nitrogens with two attached hydrogens (primary N) is 1. The Kier molecular flexibility index (Phi) is 4.94. The second-order valence-corrected chi connectivity index (χ2v) is 4.39. The Labute approximate surface area is 87.2 Å². The van der Waals surface area contributed by atoms with Gasteiger partial charge in [0.1, 0.15) is 5.84 Å². The molecule has 3 heteroatoms. The fourth-order valence-corrected chi connectivity index (χ4v) is 2.32. The lowest BCUT2D eigenvalue weighted by Crippen LogP contribution is -2.34. The van der Waals surface area contributed by atoms with Crippen LogP contribution in [0.15, 0.2) is 0 Å². The number of hydrogen-bond acceptors (Lipinski definition) is 2. The molecule has 1 fully saturated rings. The van der Waals surface area contributed by atoms with E-state index in [2.05, 4.69) is 11.8 Å². The quantitative estimate of drug-likeness (QED) is 0.533. The summed E-state index contributed by atoms with van der Waals surface area (Å²) >= 11 is 0. The van der Waals surface area contributed by atoms with Crippen molar-refractivity contribution in [2.75, 3.05) is 19.6 Å². The fourth-order valence-electron chi connectivity index (χ4n) is 2.32. The third kappa shape index (κ3) is 4.09. The molecule has 3 N–H and O–H groups in total. The summed E-state index contributed by atoms with van der Waals surface area (Å²) in [6.45, 7) is 5.18. The molecule has 0 amide bonds. The van der Waals surface area contributed by atoms with Crippen LogP contribution in [0.4, 0.5) is 0 Å². The molecule has 1 aliphatic heterocycles. The van der Waals surface area contributed by atoms with Gasteiger partial charge in [0.2, 0.25) is 0 Å². The maximum absolute atomic E-state index is 7.27. The van der Waals surface area contributed by atoms with Crippen LogP contribution in [-0.4, -0.2) is 30.4 Å². The zero-order valence-electron chi connectivity index (χ0n) is 9.26. The van der Waals surface area contributed by atoms with Crippen LogP contribution < -0.4 is 5.73 Å². The van der Waals surface area contributed by atoms with Crippen LogP contribution in [0.25, 0.3) is 0 Å². The topological polar surface area (TPSA) is 53.1 Å². The molecule has 14 heavy (non-hydrogen) atoms. The number of rotatable bonds is 4.